The Kier molecular flexibility index (Phi) is 8.18. The van der Waals surface area contributed by atoms with Gasteiger partial charge in [0, 0.05) is 12.3 Å². The van der Waals surface area contributed by atoms with Gasteiger partial charge in [0.05, 0.1) is 26.4 Å². The number of ether oxygens (including phenoxy) is 4. The fourth-order valence-electron chi connectivity index (χ4n) is 2.45. The van der Waals surface area contributed by atoms with Crippen LogP contribution in [0.15, 0.2) is 54.8 Å². The van der Waals surface area contributed by atoms with Gasteiger partial charge in [0.15, 0.2) is 0 Å². The quantitative estimate of drug-likeness (QED) is 0.397. The van der Waals surface area contributed by atoms with Crippen molar-refractivity contribution in [2.45, 2.75) is 18.6 Å². The summed E-state index contributed by atoms with van der Waals surface area (Å²) < 4.78 is 21.5. The first-order valence-corrected chi connectivity index (χ1v) is 8.26. The number of esters is 1. The second-order valence-corrected chi connectivity index (χ2v) is 5.43. The van der Waals surface area contributed by atoms with Gasteiger partial charge in [-0.1, -0.05) is 43.0 Å². The van der Waals surface area contributed by atoms with Crippen LogP contribution in [-0.4, -0.2) is 50.4 Å². The molecule has 0 radical (unpaired) electrons. The molecule has 0 saturated carbocycles. The monoisotopic (exact) mass is 348 g/mol. The van der Waals surface area contributed by atoms with E-state index in [1.165, 1.54) is 6.08 Å². The summed E-state index contributed by atoms with van der Waals surface area (Å²) in [4.78, 5) is 12.1. The van der Waals surface area contributed by atoms with Gasteiger partial charge in [-0.3, -0.25) is 0 Å². The van der Waals surface area contributed by atoms with Gasteiger partial charge in [-0.15, -0.1) is 0 Å². The molecule has 0 fully saturated rings. The molecule has 1 heterocycles. The van der Waals surface area contributed by atoms with Crippen LogP contribution in [0, 0.1) is 0 Å². The lowest BCUT2D eigenvalue weighted by Crippen LogP contribution is -2.29. The number of hydrogen-bond acceptors (Lipinski definition) is 6. The van der Waals surface area contributed by atoms with Crippen LogP contribution in [0.2, 0.25) is 0 Å². The lowest BCUT2D eigenvalue weighted by atomic mass is 9.93. The molecule has 0 amide bonds. The first kappa shape index (κ1) is 19.2. The zero-order valence-corrected chi connectivity index (χ0v) is 14.1. The predicted octanol–water partition coefficient (Wildman–Crippen LogP) is 2.16. The van der Waals surface area contributed by atoms with Gasteiger partial charge in [-0.25, -0.2) is 4.79 Å². The summed E-state index contributed by atoms with van der Waals surface area (Å²) >= 11 is 0. The lowest BCUT2D eigenvalue weighted by Gasteiger charge is -2.29. The summed E-state index contributed by atoms with van der Waals surface area (Å²) in [6.45, 7) is 4.53. The van der Waals surface area contributed by atoms with E-state index >= 15 is 0 Å². The third-order valence-corrected chi connectivity index (χ3v) is 3.59. The molecule has 25 heavy (non-hydrogen) atoms. The van der Waals surface area contributed by atoms with E-state index in [0.717, 1.165) is 5.56 Å². The Bertz CT molecular complexity index is 569. The second kappa shape index (κ2) is 10.7. The lowest BCUT2D eigenvalue weighted by molar-refractivity contribution is -0.163. The zero-order chi connectivity index (χ0) is 17.9. The molecule has 0 aromatic heterocycles. The van der Waals surface area contributed by atoms with Gasteiger partial charge in [0.2, 0.25) is 12.0 Å². The van der Waals surface area contributed by atoms with Crippen LogP contribution in [-0.2, 0) is 23.7 Å². The molecule has 1 aliphatic rings. The highest BCUT2D eigenvalue weighted by Gasteiger charge is 2.29. The Morgan fingerprint density at radius 3 is 2.80 bits per heavy atom. The average molecular weight is 348 g/mol. The number of hydrogen-bond donors (Lipinski definition) is 1. The van der Waals surface area contributed by atoms with Crippen molar-refractivity contribution in [2.24, 2.45) is 0 Å². The zero-order valence-electron chi connectivity index (χ0n) is 14.1. The molecular weight excluding hydrogens is 324 g/mol. The molecule has 0 saturated heterocycles. The largest absolute Gasteiger partial charge is 0.458 e. The maximum Gasteiger partial charge on any atom is 0.373 e. The standard InChI is InChI=1S/C19H24O6/c1-2-9-24-19(21)17-13-16(15-6-4-3-5-7-15)14-18(25-17)23-12-11-22-10-8-20/h2-7,13,16,18,20H,1,8-12,14H2/t16-,18+/m1/s1. The van der Waals surface area contributed by atoms with Crippen molar-refractivity contribution in [1.82, 2.24) is 0 Å². The minimum atomic E-state index is -0.570. The molecule has 6 heteroatoms. The fourth-order valence-corrected chi connectivity index (χ4v) is 2.45. The highest BCUT2D eigenvalue weighted by molar-refractivity contribution is 5.86. The normalized spacial score (nSPS) is 19.6. The van der Waals surface area contributed by atoms with Crippen molar-refractivity contribution in [3.05, 3.63) is 60.4 Å². The van der Waals surface area contributed by atoms with Crippen LogP contribution in [0.4, 0.5) is 0 Å². The molecule has 1 aromatic carbocycles. The highest BCUT2D eigenvalue weighted by atomic mass is 16.7. The van der Waals surface area contributed by atoms with Gasteiger partial charge >= 0.3 is 5.97 Å². The maximum atomic E-state index is 12.1. The first-order chi connectivity index (χ1) is 12.2. The Morgan fingerprint density at radius 2 is 2.08 bits per heavy atom. The van der Waals surface area contributed by atoms with E-state index in [9.17, 15) is 4.79 Å². The summed E-state index contributed by atoms with van der Waals surface area (Å²) in [5.41, 5.74) is 1.07. The van der Waals surface area contributed by atoms with Gasteiger partial charge in [0.1, 0.15) is 6.61 Å². The third-order valence-electron chi connectivity index (χ3n) is 3.59. The van der Waals surface area contributed by atoms with Crippen LogP contribution in [0.25, 0.3) is 0 Å². The van der Waals surface area contributed by atoms with Gasteiger partial charge in [-0.2, -0.15) is 0 Å². The molecule has 0 unspecified atom stereocenters. The van der Waals surface area contributed by atoms with E-state index < -0.39 is 12.3 Å². The topological polar surface area (TPSA) is 74.2 Å². The van der Waals surface area contributed by atoms with Crippen molar-refractivity contribution in [1.29, 1.82) is 0 Å². The average Bonchev–Trinajstić information content (AvgIpc) is 2.66. The molecule has 6 nitrogen and oxygen atoms in total. The number of rotatable bonds is 10. The van der Waals surface area contributed by atoms with Crippen molar-refractivity contribution in [3.63, 3.8) is 0 Å². The van der Waals surface area contributed by atoms with Crippen molar-refractivity contribution in [3.8, 4) is 0 Å². The summed E-state index contributed by atoms with van der Waals surface area (Å²) in [5.74, 6) is -0.404. The number of carbonyl (C=O) groups excluding carboxylic acids is 1. The van der Waals surface area contributed by atoms with E-state index in [2.05, 4.69) is 6.58 Å². The number of allylic oxidation sites excluding steroid dienone is 1. The fraction of sp³-hybridized carbons (Fsp3) is 0.421. The van der Waals surface area contributed by atoms with Crippen molar-refractivity contribution >= 4 is 5.97 Å². The summed E-state index contributed by atoms with van der Waals surface area (Å²) in [5, 5.41) is 8.69. The van der Waals surface area contributed by atoms with Crippen LogP contribution < -0.4 is 0 Å². The molecule has 0 bridgehead atoms. The van der Waals surface area contributed by atoms with E-state index in [0.29, 0.717) is 19.6 Å². The van der Waals surface area contributed by atoms with Gasteiger partial charge in [-0.05, 0) is 11.6 Å². The molecule has 1 aliphatic heterocycles. The molecule has 2 atom stereocenters. The molecule has 1 aromatic rings. The van der Waals surface area contributed by atoms with Crippen LogP contribution in [0.3, 0.4) is 0 Å². The molecule has 1 N–H and O–H groups in total. The van der Waals surface area contributed by atoms with Crippen LogP contribution in [0.1, 0.15) is 17.9 Å². The highest BCUT2D eigenvalue weighted by Crippen LogP contribution is 2.31. The van der Waals surface area contributed by atoms with Crippen LogP contribution >= 0.6 is 0 Å². The van der Waals surface area contributed by atoms with Crippen molar-refractivity contribution < 1.29 is 28.8 Å². The van der Waals surface area contributed by atoms with Crippen LogP contribution in [0.5, 0.6) is 0 Å². The maximum absolute atomic E-state index is 12.1. The van der Waals surface area contributed by atoms with E-state index in [1.54, 1.807) is 6.08 Å². The van der Waals surface area contributed by atoms with Gasteiger partial charge in [0.25, 0.3) is 0 Å². The van der Waals surface area contributed by atoms with E-state index in [1.807, 2.05) is 30.3 Å². The predicted molar refractivity (Wildman–Crippen MR) is 91.8 cm³/mol. The second-order valence-electron chi connectivity index (χ2n) is 5.43. The number of aliphatic hydroxyl groups is 1. The summed E-state index contributed by atoms with van der Waals surface area (Å²) in [6, 6.07) is 9.85. The Hall–Kier alpha value is -2.15. The minimum absolute atomic E-state index is 0.00964. The molecule has 2 rings (SSSR count). The first-order valence-electron chi connectivity index (χ1n) is 8.26. The number of aliphatic hydroxyl groups excluding tert-OH is 1. The minimum Gasteiger partial charge on any atom is -0.458 e. The molecule has 0 spiro atoms. The van der Waals surface area contributed by atoms with Crippen molar-refractivity contribution in [2.75, 3.05) is 33.0 Å². The van der Waals surface area contributed by atoms with E-state index in [4.69, 9.17) is 24.1 Å². The molecule has 0 aliphatic carbocycles. The van der Waals surface area contributed by atoms with E-state index in [-0.39, 0.29) is 31.5 Å². The number of benzene rings is 1. The summed E-state index contributed by atoms with van der Waals surface area (Å²) in [7, 11) is 0. The SMILES string of the molecule is C=CCOC(=O)C1=C[C@@H](c2ccccc2)C[C@@H](OCCOCCO)O1. The molecule has 136 valence electrons. The Balaban J connectivity index is 2.02. The summed E-state index contributed by atoms with van der Waals surface area (Å²) in [6.07, 6.45) is 3.28. The third kappa shape index (κ3) is 6.34. The number of carbonyl (C=O) groups is 1. The Labute approximate surface area is 147 Å². The Morgan fingerprint density at radius 1 is 1.28 bits per heavy atom. The molecular formula is C19H24O6. The smallest absolute Gasteiger partial charge is 0.373 e. The van der Waals surface area contributed by atoms with Gasteiger partial charge < -0.3 is 24.1 Å².